The Morgan fingerprint density at radius 3 is 2.46 bits per heavy atom. The molecular formula is C35H43FN2O12. The number of ketones is 2. The van der Waals surface area contributed by atoms with Crippen LogP contribution in [0.5, 0.6) is 0 Å². The second-order valence-corrected chi connectivity index (χ2v) is 14.0. The smallest absolute Gasteiger partial charge is 0.408 e. The van der Waals surface area contributed by atoms with Gasteiger partial charge in [-0.15, -0.1) is 0 Å². The highest BCUT2D eigenvalue weighted by Gasteiger charge is 2.70. The van der Waals surface area contributed by atoms with E-state index in [0.29, 0.717) is 44.1 Å². The van der Waals surface area contributed by atoms with Gasteiger partial charge in [-0.05, 0) is 93.1 Å². The minimum absolute atomic E-state index is 0.0101. The van der Waals surface area contributed by atoms with Gasteiger partial charge < -0.3 is 25.0 Å². The molecule has 1 aromatic carbocycles. The monoisotopic (exact) mass is 702 g/mol. The van der Waals surface area contributed by atoms with E-state index >= 15 is 4.39 Å². The Labute approximate surface area is 287 Å². The van der Waals surface area contributed by atoms with Crippen LogP contribution in [0.25, 0.3) is 0 Å². The Morgan fingerprint density at radius 2 is 1.78 bits per heavy atom. The van der Waals surface area contributed by atoms with Gasteiger partial charge in [-0.1, -0.05) is 30.7 Å². The number of esters is 1. The number of fused-ring (bicyclic) bond motifs is 5. The lowest BCUT2D eigenvalue weighted by Gasteiger charge is -2.62. The van der Waals surface area contributed by atoms with Crippen molar-refractivity contribution in [2.24, 2.45) is 28.6 Å². The number of ether oxygens (including phenoxy) is 2. The Bertz CT molecular complexity index is 1560. The van der Waals surface area contributed by atoms with Crippen molar-refractivity contribution in [2.45, 2.75) is 76.6 Å². The summed E-state index contributed by atoms with van der Waals surface area (Å²) in [6.45, 7) is 2.25. The number of Topliss-reactive ketones (excluding diaryl/α,β-unsaturated/α-hetero) is 1. The van der Waals surface area contributed by atoms with Crippen molar-refractivity contribution in [1.82, 2.24) is 10.7 Å². The van der Waals surface area contributed by atoms with Crippen LogP contribution in [0.2, 0.25) is 0 Å². The molecule has 1 amide bonds. The second-order valence-electron chi connectivity index (χ2n) is 14.0. The van der Waals surface area contributed by atoms with Crippen LogP contribution in [0.4, 0.5) is 9.18 Å². The number of carboxylic acid groups (broad SMARTS) is 1. The first kappa shape index (κ1) is 37.2. The van der Waals surface area contributed by atoms with Gasteiger partial charge in [-0.3, -0.25) is 24.8 Å². The molecule has 4 aliphatic carbocycles. The van der Waals surface area contributed by atoms with Gasteiger partial charge in [0, 0.05) is 17.3 Å². The van der Waals surface area contributed by atoms with E-state index in [0.717, 1.165) is 5.56 Å². The van der Waals surface area contributed by atoms with E-state index in [4.69, 9.17) is 19.9 Å². The molecule has 3 fully saturated rings. The lowest BCUT2D eigenvalue weighted by Crippen LogP contribution is -2.66. The molecule has 0 saturated heterocycles. The number of halogens is 1. The molecule has 0 spiro atoms. The number of aliphatic hydroxyl groups excluding tert-OH is 1. The van der Waals surface area contributed by atoms with E-state index in [-0.39, 0.29) is 35.7 Å². The first-order chi connectivity index (χ1) is 23.6. The van der Waals surface area contributed by atoms with E-state index in [1.165, 1.54) is 24.3 Å². The van der Waals surface area contributed by atoms with Gasteiger partial charge in [-0.2, -0.15) is 0 Å². The number of hydrogen-bond donors (Lipinski definition) is 5. The quantitative estimate of drug-likeness (QED) is 0.113. The van der Waals surface area contributed by atoms with E-state index in [9.17, 15) is 34.2 Å². The first-order valence-corrected chi connectivity index (χ1v) is 16.7. The number of carboxylic acids is 1. The minimum atomic E-state index is -2.02. The van der Waals surface area contributed by atoms with E-state index < -0.39 is 77.5 Å². The zero-order valence-corrected chi connectivity index (χ0v) is 27.9. The molecule has 272 valence electrons. The number of aliphatic hydroxyl groups is 1. The Morgan fingerprint density at radius 1 is 1.06 bits per heavy atom. The van der Waals surface area contributed by atoms with Crippen LogP contribution >= 0.6 is 0 Å². The van der Waals surface area contributed by atoms with Gasteiger partial charge >= 0.3 is 18.0 Å². The lowest BCUT2D eigenvalue weighted by atomic mass is 9.45. The van der Waals surface area contributed by atoms with Crippen LogP contribution in [-0.2, 0) is 35.1 Å². The average Bonchev–Trinajstić information content (AvgIpc) is 3.41. The number of alkyl carbamates (subject to hydrolysis) is 1. The molecule has 0 bridgehead atoms. The van der Waals surface area contributed by atoms with E-state index in [2.05, 4.69) is 10.2 Å². The molecule has 50 heavy (non-hydrogen) atoms. The van der Waals surface area contributed by atoms with Crippen molar-refractivity contribution in [3.05, 3.63) is 59.2 Å². The summed E-state index contributed by atoms with van der Waals surface area (Å²) in [4.78, 5) is 66.8. The maximum Gasteiger partial charge on any atom is 0.408 e. The molecule has 5 rings (SSSR count). The SMILES string of the molecule is C[C@]12C[C@H](O)C3(F)[C@@H](CCC4=CC(=O)C=C[C@@]43C)C1CCC2C(=O)COC(=O)NC(COC(=O)c1ccc(CCCON(O)O)cc1)C(=O)O. The third-order valence-electron chi connectivity index (χ3n) is 11.3. The van der Waals surface area contributed by atoms with Crippen molar-refractivity contribution in [3.63, 3.8) is 0 Å². The van der Waals surface area contributed by atoms with Crippen LogP contribution in [-0.4, -0.2) is 93.3 Å². The normalized spacial score (nSPS) is 31.9. The number of carbonyl (C=O) groups excluding carboxylic acids is 4. The molecule has 14 nitrogen and oxygen atoms in total. The summed E-state index contributed by atoms with van der Waals surface area (Å²) < 4.78 is 27.4. The number of aryl methyl sites for hydroxylation is 1. The molecule has 4 unspecified atom stereocenters. The number of hydrogen-bond acceptors (Lipinski definition) is 12. The number of amides is 1. The van der Waals surface area contributed by atoms with Crippen LogP contribution in [0.15, 0.2) is 48.1 Å². The molecule has 0 heterocycles. The Hall–Kier alpha value is -4.02. The van der Waals surface area contributed by atoms with Crippen molar-refractivity contribution >= 4 is 29.6 Å². The summed E-state index contributed by atoms with van der Waals surface area (Å²) in [6, 6.07) is 4.55. The number of benzene rings is 1. The third-order valence-corrected chi connectivity index (χ3v) is 11.3. The summed E-state index contributed by atoms with van der Waals surface area (Å²) >= 11 is 0. The lowest BCUT2D eigenvalue weighted by molar-refractivity contribution is -0.492. The number of rotatable bonds is 13. The maximum absolute atomic E-state index is 17.2. The topological polar surface area (TPSA) is 209 Å². The molecule has 0 aliphatic heterocycles. The highest BCUT2D eigenvalue weighted by molar-refractivity contribution is 6.01. The van der Waals surface area contributed by atoms with Crippen molar-refractivity contribution in [3.8, 4) is 0 Å². The molecule has 1 aromatic rings. The molecule has 0 aromatic heterocycles. The Balaban J connectivity index is 1.13. The first-order valence-electron chi connectivity index (χ1n) is 16.7. The van der Waals surface area contributed by atoms with Crippen molar-refractivity contribution < 1.29 is 63.3 Å². The molecular weight excluding hydrogens is 659 g/mol. The number of nitrogens with one attached hydrogen (secondary N) is 1. The summed E-state index contributed by atoms with van der Waals surface area (Å²) in [6.07, 6.45) is 4.65. The van der Waals surface area contributed by atoms with Crippen LogP contribution in [0.3, 0.4) is 0 Å². The van der Waals surface area contributed by atoms with Gasteiger partial charge in [0.2, 0.25) is 0 Å². The van der Waals surface area contributed by atoms with E-state index in [1.54, 1.807) is 25.1 Å². The fraction of sp³-hybridized carbons (Fsp3) is 0.571. The van der Waals surface area contributed by atoms with Crippen LogP contribution < -0.4 is 5.32 Å². The number of allylic oxidation sites excluding steroid dienone is 4. The minimum Gasteiger partial charge on any atom is -0.480 e. The molecule has 15 heteroatoms. The Kier molecular flexibility index (Phi) is 10.9. The molecule has 0 radical (unpaired) electrons. The fourth-order valence-corrected chi connectivity index (χ4v) is 8.81. The number of aliphatic carboxylic acids is 1. The highest BCUT2D eigenvalue weighted by Crippen LogP contribution is 2.68. The number of alkyl halides is 1. The van der Waals surface area contributed by atoms with Crippen LogP contribution in [0.1, 0.15) is 68.3 Å². The van der Waals surface area contributed by atoms with Gasteiger partial charge in [0.25, 0.3) is 0 Å². The maximum atomic E-state index is 17.2. The van der Waals surface area contributed by atoms with Gasteiger partial charge in [0.05, 0.1) is 23.7 Å². The average molecular weight is 703 g/mol. The highest BCUT2D eigenvalue weighted by atomic mass is 19.1. The number of nitrogens with zero attached hydrogens (tertiary/aromatic N) is 1. The molecule has 5 N–H and O–H groups in total. The van der Waals surface area contributed by atoms with Crippen LogP contribution in [0, 0.1) is 28.6 Å². The molecule has 8 atom stereocenters. The van der Waals surface area contributed by atoms with Gasteiger partial charge in [0.1, 0.15) is 6.61 Å². The molecule has 4 aliphatic rings. The van der Waals surface area contributed by atoms with Crippen molar-refractivity contribution in [1.29, 1.82) is 0 Å². The fourth-order valence-electron chi connectivity index (χ4n) is 8.81. The van der Waals surface area contributed by atoms with Gasteiger partial charge in [0.15, 0.2) is 29.9 Å². The zero-order chi connectivity index (χ0) is 36.4. The summed E-state index contributed by atoms with van der Waals surface area (Å²) in [5, 5.41) is 39.8. The summed E-state index contributed by atoms with van der Waals surface area (Å²) in [5.41, 5.74) is -2.31. The zero-order valence-electron chi connectivity index (χ0n) is 27.9. The van der Waals surface area contributed by atoms with Gasteiger partial charge in [-0.25, -0.2) is 18.8 Å². The second kappa shape index (κ2) is 14.7. The predicted octanol–water partition coefficient (Wildman–Crippen LogP) is 3.52. The predicted molar refractivity (Wildman–Crippen MR) is 169 cm³/mol. The molecule has 3 saturated carbocycles. The third kappa shape index (κ3) is 7.10. The largest absolute Gasteiger partial charge is 0.480 e. The summed E-state index contributed by atoms with van der Waals surface area (Å²) in [5.74, 6) is -4.38. The summed E-state index contributed by atoms with van der Waals surface area (Å²) in [7, 11) is 0. The standard InChI is InChI=1S/C35H43FN2O12/c1-33-17-29(41)35(36)25(10-9-22-16-23(39)13-14-34(22,35)2)24(33)11-12-26(33)28(40)19-49-32(45)37-27(30(42)43)18-48-31(44)21-7-5-20(6-8-21)4-3-15-50-38(46)47/h5-8,13-14,16,24-27,29,41,46-47H,3-4,9-12,15,17-19H2,1-2H3,(H,37,45)(H,42,43)/t24?,25-,26?,27?,29-,33-,34-,35?/m0/s1. The van der Waals surface area contributed by atoms with Crippen molar-refractivity contribution in [2.75, 3.05) is 19.8 Å². The van der Waals surface area contributed by atoms with E-state index in [1.807, 2.05) is 6.92 Å². The number of carbonyl (C=O) groups is 5.